The smallest absolute Gasteiger partial charge is 0.120 e. The molecule has 0 aliphatic carbocycles. The Kier molecular flexibility index (Phi) is 4.89. The van der Waals surface area contributed by atoms with Crippen LogP contribution in [0.4, 0.5) is 0 Å². The van der Waals surface area contributed by atoms with E-state index in [0.717, 1.165) is 24.5 Å². The van der Waals surface area contributed by atoms with Gasteiger partial charge in [0.1, 0.15) is 18.1 Å². The molecule has 1 aliphatic heterocycles. The Morgan fingerprint density at radius 3 is 2.65 bits per heavy atom. The van der Waals surface area contributed by atoms with E-state index in [9.17, 15) is 0 Å². The minimum absolute atomic E-state index is 0.185. The quantitative estimate of drug-likeness (QED) is 0.738. The van der Waals surface area contributed by atoms with Gasteiger partial charge in [-0.05, 0) is 52.9 Å². The van der Waals surface area contributed by atoms with Crippen LogP contribution in [0.15, 0.2) is 72.8 Å². The van der Waals surface area contributed by atoms with Gasteiger partial charge in [0.25, 0.3) is 0 Å². The largest absolute Gasteiger partial charge is 0.497 e. The Hall–Kier alpha value is -2.78. The van der Waals surface area contributed by atoms with Crippen molar-refractivity contribution in [3.63, 3.8) is 0 Å². The predicted molar refractivity (Wildman–Crippen MR) is 104 cm³/mol. The summed E-state index contributed by atoms with van der Waals surface area (Å²) in [4.78, 5) is 0. The van der Waals surface area contributed by atoms with Crippen molar-refractivity contribution in [3.05, 3.63) is 95.1 Å². The zero-order valence-electron chi connectivity index (χ0n) is 14.9. The first-order valence-corrected chi connectivity index (χ1v) is 9.00. The zero-order valence-corrected chi connectivity index (χ0v) is 14.9. The standard InChI is InChI=1S/C23H23NO2/c1-25-20-10-11-22-18(14-20)12-13-24-23(22)19-8-5-9-21(15-19)26-16-17-6-3-2-4-7-17/h2-11,14-15,23-24H,12-13,16H2,1H3. The summed E-state index contributed by atoms with van der Waals surface area (Å²) in [5.41, 5.74) is 5.06. The van der Waals surface area contributed by atoms with Crippen molar-refractivity contribution in [1.29, 1.82) is 0 Å². The summed E-state index contributed by atoms with van der Waals surface area (Å²) < 4.78 is 11.4. The summed E-state index contributed by atoms with van der Waals surface area (Å²) in [7, 11) is 1.72. The fraction of sp³-hybridized carbons (Fsp3) is 0.217. The normalized spacial score (nSPS) is 16.0. The lowest BCUT2D eigenvalue weighted by Gasteiger charge is -2.28. The minimum atomic E-state index is 0.185. The number of nitrogens with one attached hydrogen (secondary N) is 1. The topological polar surface area (TPSA) is 30.5 Å². The third-order valence-corrected chi connectivity index (χ3v) is 4.84. The van der Waals surface area contributed by atoms with Gasteiger partial charge in [0.2, 0.25) is 0 Å². The summed E-state index contributed by atoms with van der Waals surface area (Å²) >= 11 is 0. The van der Waals surface area contributed by atoms with Crippen LogP contribution in [-0.4, -0.2) is 13.7 Å². The van der Waals surface area contributed by atoms with Crippen LogP contribution in [0.25, 0.3) is 0 Å². The molecule has 3 aromatic rings. The Balaban J connectivity index is 1.56. The molecule has 3 heteroatoms. The van der Waals surface area contributed by atoms with E-state index in [1.807, 2.05) is 30.3 Å². The van der Waals surface area contributed by atoms with Crippen molar-refractivity contribution < 1.29 is 9.47 Å². The summed E-state index contributed by atoms with van der Waals surface area (Å²) in [5, 5.41) is 3.63. The molecule has 0 saturated heterocycles. The lowest BCUT2D eigenvalue weighted by molar-refractivity contribution is 0.305. The van der Waals surface area contributed by atoms with Crippen molar-refractivity contribution in [1.82, 2.24) is 5.32 Å². The number of methoxy groups -OCH3 is 1. The molecule has 1 unspecified atom stereocenters. The molecule has 0 saturated carbocycles. The molecule has 3 aromatic carbocycles. The monoisotopic (exact) mass is 345 g/mol. The SMILES string of the molecule is COc1ccc2c(c1)CCNC2c1cccc(OCc2ccccc2)c1. The number of fused-ring (bicyclic) bond motifs is 1. The number of hydrogen-bond donors (Lipinski definition) is 1. The van der Waals surface area contributed by atoms with Crippen LogP contribution in [0.2, 0.25) is 0 Å². The zero-order chi connectivity index (χ0) is 17.8. The van der Waals surface area contributed by atoms with Gasteiger partial charge in [-0.2, -0.15) is 0 Å². The van der Waals surface area contributed by atoms with Gasteiger partial charge < -0.3 is 14.8 Å². The lowest BCUT2D eigenvalue weighted by Crippen LogP contribution is -2.30. The molecule has 0 spiro atoms. The van der Waals surface area contributed by atoms with Gasteiger partial charge in [0, 0.05) is 6.54 Å². The molecule has 1 aliphatic rings. The van der Waals surface area contributed by atoms with Crippen LogP contribution < -0.4 is 14.8 Å². The van der Waals surface area contributed by atoms with Crippen molar-refractivity contribution in [2.75, 3.05) is 13.7 Å². The van der Waals surface area contributed by atoms with E-state index in [1.54, 1.807) is 7.11 Å². The van der Waals surface area contributed by atoms with E-state index >= 15 is 0 Å². The highest BCUT2D eigenvalue weighted by atomic mass is 16.5. The molecule has 132 valence electrons. The third kappa shape index (κ3) is 3.58. The maximum atomic E-state index is 6.00. The van der Waals surface area contributed by atoms with Gasteiger partial charge in [-0.1, -0.05) is 48.5 Å². The lowest BCUT2D eigenvalue weighted by atomic mass is 9.89. The minimum Gasteiger partial charge on any atom is -0.497 e. The molecule has 1 atom stereocenters. The molecule has 0 radical (unpaired) electrons. The maximum Gasteiger partial charge on any atom is 0.120 e. The molecular formula is C23H23NO2. The van der Waals surface area contributed by atoms with Crippen LogP contribution in [-0.2, 0) is 13.0 Å². The van der Waals surface area contributed by atoms with E-state index in [4.69, 9.17) is 9.47 Å². The molecule has 4 rings (SSSR count). The average Bonchev–Trinajstić information content (AvgIpc) is 2.72. The highest BCUT2D eigenvalue weighted by molar-refractivity contribution is 5.45. The Morgan fingerprint density at radius 2 is 1.81 bits per heavy atom. The summed E-state index contributed by atoms with van der Waals surface area (Å²) in [6.07, 6.45) is 1.02. The maximum absolute atomic E-state index is 6.00. The first-order valence-electron chi connectivity index (χ1n) is 9.00. The van der Waals surface area contributed by atoms with Gasteiger partial charge in [-0.15, -0.1) is 0 Å². The first-order chi connectivity index (χ1) is 12.8. The van der Waals surface area contributed by atoms with Gasteiger partial charge in [-0.25, -0.2) is 0 Å². The second-order valence-electron chi connectivity index (χ2n) is 6.55. The number of benzene rings is 3. The van der Waals surface area contributed by atoms with Crippen LogP contribution in [0, 0.1) is 0 Å². The predicted octanol–water partition coefficient (Wildman–Crippen LogP) is 4.51. The van der Waals surface area contributed by atoms with Crippen LogP contribution in [0.5, 0.6) is 11.5 Å². The van der Waals surface area contributed by atoms with E-state index in [1.165, 1.54) is 22.3 Å². The third-order valence-electron chi connectivity index (χ3n) is 4.84. The van der Waals surface area contributed by atoms with Crippen molar-refractivity contribution in [3.8, 4) is 11.5 Å². The molecule has 3 nitrogen and oxygen atoms in total. The fourth-order valence-corrected chi connectivity index (χ4v) is 3.49. The number of hydrogen-bond acceptors (Lipinski definition) is 3. The Morgan fingerprint density at radius 1 is 0.923 bits per heavy atom. The molecule has 0 bridgehead atoms. The summed E-state index contributed by atoms with van der Waals surface area (Å²) in [5.74, 6) is 1.82. The molecule has 0 amide bonds. The average molecular weight is 345 g/mol. The highest BCUT2D eigenvalue weighted by Gasteiger charge is 2.22. The Bertz CT molecular complexity index is 876. The number of rotatable bonds is 5. The van der Waals surface area contributed by atoms with Gasteiger partial charge >= 0.3 is 0 Å². The van der Waals surface area contributed by atoms with Crippen molar-refractivity contribution in [2.45, 2.75) is 19.1 Å². The summed E-state index contributed by atoms with van der Waals surface area (Å²) in [6.45, 7) is 1.54. The van der Waals surface area contributed by atoms with Gasteiger partial charge in [-0.3, -0.25) is 0 Å². The highest BCUT2D eigenvalue weighted by Crippen LogP contribution is 2.32. The summed E-state index contributed by atoms with van der Waals surface area (Å²) in [6, 6.07) is 25.2. The van der Waals surface area contributed by atoms with Crippen LogP contribution in [0.1, 0.15) is 28.3 Å². The van der Waals surface area contributed by atoms with E-state index in [2.05, 4.69) is 47.8 Å². The van der Waals surface area contributed by atoms with Crippen molar-refractivity contribution in [2.24, 2.45) is 0 Å². The van der Waals surface area contributed by atoms with Crippen LogP contribution >= 0.6 is 0 Å². The molecule has 0 fully saturated rings. The molecule has 26 heavy (non-hydrogen) atoms. The second kappa shape index (κ2) is 7.63. The van der Waals surface area contributed by atoms with Gasteiger partial charge in [0.05, 0.1) is 13.2 Å². The molecule has 1 heterocycles. The van der Waals surface area contributed by atoms with E-state index in [-0.39, 0.29) is 6.04 Å². The van der Waals surface area contributed by atoms with Crippen molar-refractivity contribution >= 4 is 0 Å². The molecular weight excluding hydrogens is 322 g/mol. The van der Waals surface area contributed by atoms with Gasteiger partial charge in [0.15, 0.2) is 0 Å². The fourth-order valence-electron chi connectivity index (χ4n) is 3.49. The first kappa shape index (κ1) is 16.7. The Labute approximate surface area is 154 Å². The van der Waals surface area contributed by atoms with Crippen LogP contribution in [0.3, 0.4) is 0 Å². The second-order valence-corrected chi connectivity index (χ2v) is 6.55. The number of ether oxygens (including phenoxy) is 2. The van der Waals surface area contributed by atoms with E-state index in [0.29, 0.717) is 6.61 Å². The molecule has 0 aromatic heterocycles. The molecule has 1 N–H and O–H groups in total. The van der Waals surface area contributed by atoms with E-state index < -0.39 is 0 Å².